The van der Waals surface area contributed by atoms with E-state index in [4.69, 9.17) is 0 Å². The Hall–Kier alpha value is -3.47. The van der Waals surface area contributed by atoms with Gasteiger partial charge >= 0.3 is 0 Å². The molecule has 148 valence electrons. The number of fused-ring (bicyclic) bond motifs is 1. The molecular formula is C18H16FN7O2S. The molecule has 0 bridgehead atoms. The number of benzene rings is 1. The molecule has 4 rings (SSSR count). The lowest BCUT2D eigenvalue weighted by Gasteiger charge is -2.10. The maximum Gasteiger partial charge on any atom is 0.264 e. The Kier molecular flexibility index (Phi) is 4.89. The van der Waals surface area contributed by atoms with Gasteiger partial charge in [-0.3, -0.25) is 14.2 Å². The van der Waals surface area contributed by atoms with Crippen LogP contribution in [0.3, 0.4) is 0 Å². The fourth-order valence-electron chi connectivity index (χ4n) is 2.88. The second kappa shape index (κ2) is 7.51. The average molecular weight is 413 g/mol. The molecule has 0 saturated carbocycles. The van der Waals surface area contributed by atoms with Crippen LogP contribution in [0.15, 0.2) is 35.3 Å². The van der Waals surface area contributed by atoms with Crippen molar-refractivity contribution >= 4 is 33.4 Å². The molecule has 0 aliphatic rings. The predicted molar refractivity (Wildman–Crippen MR) is 106 cm³/mol. The van der Waals surface area contributed by atoms with Crippen LogP contribution in [-0.4, -0.2) is 35.4 Å². The van der Waals surface area contributed by atoms with Crippen molar-refractivity contribution in [2.75, 3.05) is 5.32 Å². The molecule has 1 N–H and O–H groups in total. The number of hydrogen-bond acceptors (Lipinski definition) is 7. The van der Waals surface area contributed by atoms with Crippen LogP contribution in [0.4, 0.5) is 9.52 Å². The van der Waals surface area contributed by atoms with E-state index in [0.29, 0.717) is 27.7 Å². The fraction of sp³-hybridized carbons (Fsp3) is 0.222. The normalized spacial score (nSPS) is 11.1. The maximum absolute atomic E-state index is 13.2. The predicted octanol–water partition coefficient (Wildman–Crippen LogP) is 2.22. The summed E-state index contributed by atoms with van der Waals surface area (Å²) in [5.41, 5.74) is 0.682. The van der Waals surface area contributed by atoms with E-state index < -0.39 is 0 Å². The highest BCUT2D eigenvalue weighted by atomic mass is 32.1. The Balaban J connectivity index is 1.58. The molecule has 0 fully saturated rings. The number of aryl methyl sites for hydroxylation is 2. The van der Waals surface area contributed by atoms with E-state index in [1.54, 1.807) is 26.0 Å². The van der Waals surface area contributed by atoms with Gasteiger partial charge in [0.2, 0.25) is 11.0 Å². The highest BCUT2D eigenvalue weighted by Crippen LogP contribution is 2.16. The Morgan fingerprint density at radius 2 is 1.97 bits per heavy atom. The largest absolute Gasteiger partial charge is 0.300 e. The number of nitrogens with zero attached hydrogens (tertiary/aromatic N) is 6. The minimum absolute atomic E-state index is 0.0820. The first kappa shape index (κ1) is 18.9. The molecule has 3 heterocycles. The van der Waals surface area contributed by atoms with Crippen LogP contribution in [0.2, 0.25) is 0 Å². The van der Waals surface area contributed by atoms with Crippen LogP contribution >= 0.6 is 11.3 Å². The van der Waals surface area contributed by atoms with Crippen molar-refractivity contribution in [1.29, 1.82) is 0 Å². The van der Waals surface area contributed by atoms with Gasteiger partial charge in [-0.15, -0.1) is 10.2 Å². The Bertz CT molecular complexity index is 1260. The summed E-state index contributed by atoms with van der Waals surface area (Å²) in [6, 6.07) is 5.75. The van der Waals surface area contributed by atoms with Crippen molar-refractivity contribution < 1.29 is 9.18 Å². The zero-order chi connectivity index (χ0) is 20.5. The van der Waals surface area contributed by atoms with Crippen LogP contribution in [0.5, 0.6) is 0 Å². The summed E-state index contributed by atoms with van der Waals surface area (Å²) in [6.45, 7) is 3.65. The SMILES string of the molecule is Cc1nnc(NC(=O)CCn2c(C)nc3c(cnn3-c3ccc(F)cc3)c2=O)s1. The third-order valence-electron chi connectivity index (χ3n) is 4.28. The molecule has 1 aromatic carbocycles. The van der Waals surface area contributed by atoms with Gasteiger partial charge in [-0.1, -0.05) is 11.3 Å². The minimum atomic E-state index is -0.362. The van der Waals surface area contributed by atoms with Crippen molar-refractivity contribution in [3.05, 3.63) is 57.5 Å². The zero-order valence-electron chi connectivity index (χ0n) is 15.6. The smallest absolute Gasteiger partial charge is 0.264 e. The van der Waals surface area contributed by atoms with E-state index in [-0.39, 0.29) is 30.2 Å². The minimum Gasteiger partial charge on any atom is -0.300 e. The van der Waals surface area contributed by atoms with Crippen LogP contribution in [-0.2, 0) is 11.3 Å². The Morgan fingerprint density at radius 1 is 1.21 bits per heavy atom. The number of anilines is 1. The van der Waals surface area contributed by atoms with E-state index in [0.717, 1.165) is 5.01 Å². The van der Waals surface area contributed by atoms with Crippen LogP contribution < -0.4 is 10.9 Å². The molecule has 0 unspecified atom stereocenters. The van der Waals surface area contributed by atoms with E-state index in [2.05, 4.69) is 25.6 Å². The van der Waals surface area contributed by atoms with E-state index in [9.17, 15) is 14.0 Å². The average Bonchev–Trinajstić information content (AvgIpc) is 3.28. The van der Waals surface area contributed by atoms with E-state index in [1.807, 2.05) is 0 Å². The standard InChI is InChI=1S/C18H16FN7O2S/c1-10-21-16-14(9-20-26(16)13-5-3-12(19)4-6-13)17(28)25(10)8-7-15(27)22-18-24-23-11(2)29-18/h3-6,9H,7-8H2,1-2H3,(H,22,24,27). The van der Waals surface area contributed by atoms with Gasteiger partial charge < -0.3 is 5.32 Å². The van der Waals surface area contributed by atoms with E-state index in [1.165, 1.54) is 38.9 Å². The first-order valence-corrected chi connectivity index (χ1v) is 9.55. The number of aromatic nitrogens is 6. The second-order valence-electron chi connectivity index (χ2n) is 6.31. The molecule has 0 spiro atoms. The molecule has 0 aliphatic heterocycles. The number of halogens is 1. The molecule has 0 aliphatic carbocycles. The van der Waals surface area contributed by atoms with Crippen molar-refractivity contribution in [1.82, 2.24) is 29.5 Å². The highest BCUT2D eigenvalue weighted by molar-refractivity contribution is 7.15. The molecule has 9 nitrogen and oxygen atoms in total. The maximum atomic E-state index is 13.2. The summed E-state index contributed by atoms with van der Waals surface area (Å²) in [4.78, 5) is 29.5. The van der Waals surface area contributed by atoms with Crippen LogP contribution in [0.1, 0.15) is 17.3 Å². The second-order valence-corrected chi connectivity index (χ2v) is 7.49. The number of carbonyl (C=O) groups excluding carboxylic acids is 1. The van der Waals surface area contributed by atoms with Gasteiger partial charge in [0.15, 0.2) is 5.65 Å². The van der Waals surface area contributed by atoms with Crippen molar-refractivity contribution in [2.24, 2.45) is 0 Å². The quantitative estimate of drug-likeness (QED) is 0.538. The monoisotopic (exact) mass is 413 g/mol. The number of carbonyl (C=O) groups is 1. The zero-order valence-corrected chi connectivity index (χ0v) is 16.4. The molecule has 3 aromatic heterocycles. The van der Waals surface area contributed by atoms with Gasteiger partial charge in [0.1, 0.15) is 22.0 Å². The number of hydrogen-bond donors (Lipinski definition) is 1. The Labute approximate surface area is 167 Å². The third-order valence-corrected chi connectivity index (χ3v) is 5.04. The van der Waals surface area contributed by atoms with Gasteiger partial charge in [-0.2, -0.15) is 5.10 Å². The summed E-state index contributed by atoms with van der Waals surface area (Å²) >= 11 is 1.28. The summed E-state index contributed by atoms with van der Waals surface area (Å²) in [7, 11) is 0. The molecule has 4 aromatic rings. The first-order chi connectivity index (χ1) is 13.9. The lowest BCUT2D eigenvalue weighted by molar-refractivity contribution is -0.116. The number of amides is 1. The van der Waals surface area contributed by atoms with Crippen molar-refractivity contribution in [3.63, 3.8) is 0 Å². The van der Waals surface area contributed by atoms with Gasteiger partial charge in [0.05, 0.1) is 11.9 Å². The van der Waals surface area contributed by atoms with Crippen molar-refractivity contribution in [3.8, 4) is 5.69 Å². The summed E-state index contributed by atoms with van der Waals surface area (Å²) in [5.74, 6) is -0.181. The van der Waals surface area contributed by atoms with Gasteiger partial charge in [0, 0.05) is 13.0 Å². The highest BCUT2D eigenvalue weighted by Gasteiger charge is 2.15. The summed E-state index contributed by atoms with van der Waals surface area (Å²) in [6.07, 6.45) is 1.51. The molecule has 11 heteroatoms. The summed E-state index contributed by atoms with van der Waals surface area (Å²) in [5, 5.41) is 16.1. The molecule has 0 atom stereocenters. The molecule has 1 amide bonds. The van der Waals surface area contributed by atoms with Gasteiger partial charge in [0.25, 0.3) is 5.56 Å². The van der Waals surface area contributed by atoms with Gasteiger partial charge in [-0.05, 0) is 38.1 Å². The topological polar surface area (TPSA) is 108 Å². The lowest BCUT2D eigenvalue weighted by atomic mass is 10.3. The molecule has 29 heavy (non-hydrogen) atoms. The fourth-order valence-corrected chi connectivity index (χ4v) is 3.49. The third kappa shape index (κ3) is 3.76. The summed E-state index contributed by atoms with van der Waals surface area (Å²) < 4.78 is 16.1. The lowest BCUT2D eigenvalue weighted by Crippen LogP contribution is -2.26. The van der Waals surface area contributed by atoms with Crippen molar-refractivity contribution in [2.45, 2.75) is 26.8 Å². The number of rotatable bonds is 5. The number of nitrogens with one attached hydrogen (secondary N) is 1. The molecule has 0 radical (unpaired) electrons. The van der Waals surface area contributed by atoms with E-state index >= 15 is 0 Å². The van der Waals surface area contributed by atoms with Gasteiger partial charge in [-0.25, -0.2) is 14.1 Å². The van der Waals surface area contributed by atoms with Crippen LogP contribution in [0.25, 0.3) is 16.7 Å². The van der Waals surface area contributed by atoms with Crippen LogP contribution in [0, 0.1) is 19.7 Å². The first-order valence-electron chi connectivity index (χ1n) is 8.73. The molecule has 0 saturated heterocycles. The molecular weight excluding hydrogens is 397 g/mol. The Morgan fingerprint density at radius 3 is 2.66 bits per heavy atom.